The van der Waals surface area contributed by atoms with Gasteiger partial charge in [-0.1, -0.05) is 32.6 Å². The molecule has 0 unspecified atom stereocenters. The minimum absolute atomic E-state index is 0.191. The molecule has 0 radical (unpaired) electrons. The van der Waals surface area contributed by atoms with Crippen LogP contribution in [0.2, 0.25) is 18.1 Å². The van der Waals surface area contributed by atoms with E-state index in [4.69, 9.17) is 4.43 Å². The summed E-state index contributed by atoms with van der Waals surface area (Å²) in [6.07, 6.45) is 2.76. The van der Waals surface area contributed by atoms with Crippen LogP contribution in [0.3, 0.4) is 0 Å². The SMILES string of the molecule is COC(=O)/C=C/C#CCO[Si](C)(C)C(C)(C)C. The van der Waals surface area contributed by atoms with Crippen LogP contribution in [0.4, 0.5) is 0 Å². The third kappa shape index (κ3) is 6.30. The molecule has 0 N–H and O–H groups in total. The number of ether oxygens (including phenoxy) is 1. The van der Waals surface area contributed by atoms with Gasteiger partial charge in [0.15, 0.2) is 8.32 Å². The van der Waals surface area contributed by atoms with E-state index in [1.807, 2.05) is 0 Å². The van der Waals surface area contributed by atoms with Gasteiger partial charge in [0, 0.05) is 6.08 Å². The Morgan fingerprint density at radius 3 is 2.41 bits per heavy atom. The lowest BCUT2D eigenvalue weighted by Gasteiger charge is -2.35. The van der Waals surface area contributed by atoms with E-state index in [-0.39, 0.29) is 5.04 Å². The van der Waals surface area contributed by atoms with Crippen LogP contribution >= 0.6 is 0 Å². The van der Waals surface area contributed by atoms with Crippen LogP contribution < -0.4 is 0 Å². The van der Waals surface area contributed by atoms with Crippen molar-refractivity contribution in [1.82, 2.24) is 0 Å². The third-order valence-corrected chi connectivity index (χ3v) is 7.40. The number of esters is 1. The summed E-state index contributed by atoms with van der Waals surface area (Å²) in [5.41, 5.74) is 0. The van der Waals surface area contributed by atoms with E-state index in [9.17, 15) is 4.79 Å². The topological polar surface area (TPSA) is 35.5 Å². The summed E-state index contributed by atoms with van der Waals surface area (Å²) in [7, 11) is -0.378. The quantitative estimate of drug-likeness (QED) is 0.336. The maximum atomic E-state index is 10.7. The van der Waals surface area contributed by atoms with Crippen LogP contribution in [-0.2, 0) is 14.0 Å². The highest BCUT2D eigenvalue weighted by atomic mass is 28.4. The standard InChI is InChI=1S/C13H22O3Si/c1-13(2,3)17(5,6)16-11-9-7-8-10-12(14)15-4/h8,10H,11H2,1-6H3/b10-8+. The van der Waals surface area contributed by atoms with E-state index in [1.54, 1.807) is 0 Å². The van der Waals surface area contributed by atoms with Gasteiger partial charge in [0.25, 0.3) is 0 Å². The first kappa shape index (κ1) is 15.9. The molecular formula is C13H22O3Si. The summed E-state index contributed by atoms with van der Waals surface area (Å²) < 4.78 is 10.3. The van der Waals surface area contributed by atoms with Crippen molar-refractivity contribution >= 4 is 14.3 Å². The Hall–Kier alpha value is -1.05. The maximum Gasteiger partial charge on any atom is 0.331 e. The second-order valence-electron chi connectivity index (χ2n) is 5.23. The first-order valence-corrected chi connectivity index (χ1v) is 8.48. The molecule has 0 saturated carbocycles. The molecule has 3 nitrogen and oxygen atoms in total. The highest BCUT2D eigenvalue weighted by Crippen LogP contribution is 2.36. The smallest absolute Gasteiger partial charge is 0.331 e. The zero-order valence-electron chi connectivity index (χ0n) is 11.6. The molecule has 0 heterocycles. The average molecular weight is 254 g/mol. The molecule has 0 bridgehead atoms. The van der Waals surface area contributed by atoms with Crippen molar-refractivity contribution < 1.29 is 14.0 Å². The number of carbonyl (C=O) groups excluding carboxylic acids is 1. The maximum absolute atomic E-state index is 10.7. The zero-order chi connectivity index (χ0) is 13.5. The highest BCUT2D eigenvalue weighted by Gasteiger charge is 2.36. The molecule has 0 aromatic rings. The molecule has 0 fully saturated rings. The van der Waals surface area contributed by atoms with E-state index in [0.717, 1.165) is 0 Å². The van der Waals surface area contributed by atoms with Crippen LogP contribution in [0.15, 0.2) is 12.2 Å². The van der Waals surface area contributed by atoms with Gasteiger partial charge in [-0.15, -0.1) is 0 Å². The lowest BCUT2D eigenvalue weighted by Crippen LogP contribution is -2.40. The summed E-state index contributed by atoms with van der Waals surface area (Å²) in [4.78, 5) is 10.7. The number of hydrogen-bond donors (Lipinski definition) is 0. The summed E-state index contributed by atoms with van der Waals surface area (Å²) in [5.74, 6) is 5.20. The molecule has 0 amide bonds. The van der Waals surface area contributed by atoms with Gasteiger partial charge < -0.3 is 9.16 Å². The Balaban J connectivity index is 4.13. The number of allylic oxidation sites excluding steroid dienone is 1. The molecule has 0 saturated heterocycles. The van der Waals surface area contributed by atoms with Gasteiger partial charge in [0.2, 0.25) is 0 Å². The number of hydrogen-bond acceptors (Lipinski definition) is 3. The Kier molecular flexibility index (Phi) is 6.22. The zero-order valence-corrected chi connectivity index (χ0v) is 12.6. The Labute approximate surface area is 105 Å². The van der Waals surface area contributed by atoms with E-state index in [1.165, 1.54) is 19.3 Å². The largest absolute Gasteiger partial charge is 0.466 e. The summed E-state index contributed by atoms with van der Waals surface area (Å²) in [6.45, 7) is 11.3. The fraction of sp³-hybridized carbons (Fsp3) is 0.615. The number of rotatable bonds is 3. The normalized spacial score (nSPS) is 12.1. The minimum atomic E-state index is -1.71. The van der Waals surface area contributed by atoms with Crippen LogP contribution in [0, 0.1) is 11.8 Å². The van der Waals surface area contributed by atoms with Crippen LogP contribution in [0.5, 0.6) is 0 Å². The second kappa shape index (κ2) is 6.63. The summed E-state index contributed by atoms with van der Waals surface area (Å²) in [5, 5.41) is 0.191. The fourth-order valence-corrected chi connectivity index (χ4v) is 1.58. The lowest BCUT2D eigenvalue weighted by molar-refractivity contribution is -0.134. The summed E-state index contributed by atoms with van der Waals surface area (Å²) >= 11 is 0. The van der Waals surface area contributed by atoms with Crippen molar-refractivity contribution in [3.8, 4) is 11.8 Å². The fourth-order valence-electron chi connectivity index (χ4n) is 0.711. The van der Waals surface area contributed by atoms with Crippen molar-refractivity contribution in [1.29, 1.82) is 0 Å². The molecule has 96 valence electrons. The Morgan fingerprint density at radius 1 is 1.35 bits per heavy atom. The van der Waals surface area contributed by atoms with Gasteiger partial charge in [-0.3, -0.25) is 0 Å². The molecule has 0 spiro atoms. The van der Waals surface area contributed by atoms with Crippen LogP contribution in [-0.4, -0.2) is 28.0 Å². The van der Waals surface area contributed by atoms with E-state index >= 15 is 0 Å². The van der Waals surface area contributed by atoms with Gasteiger partial charge in [0.1, 0.15) is 0 Å². The molecule has 4 heteroatoms. The molecule has 0 aliphatic heterocycles. The predicted molar refractivity (Wildman–Crippen MR) is 72.1 cm³/mol. The van der Waals surface area contributed by atoms with Crippen molar-refractivity contribution in [3.63, 3.8) is 0 Å². The van der Waals surface area contributed by atoms with Crippen molar-refractivity contribution in [2.45, 2.75) is 38.9 Å². The highest BCUT2D eigenvalue weighted by molar-refractivity contribution is 6.74. The van der Waals surface area contributed by atoms with E-state index in [2.05, 4.69) is 50.4 Å². The van der Waals surface area contributed by atoms with E-state index < -0.39 is 14.3 Å². The summed E-state index contributed by atoms with van der Waals surface area (Å²) in [6, 6.07) is 0. The van der Waals surface area contributed by atoms with Gasteiger partial charge in [-0.25, -0.2) is 4.79 Å². The molecule has 0 aliphatic carbocycles. The Morgan fingerprint density at radius 2 is 1.94 bits per heavy atom. The Bertz CT molecular complexity index is 340. The number of methoxy groups -OCH3 is 1. The predicted octanol–water partition coefficient (Wildman–Crippen LogP) is 2.74. The monoisotopic (exact) mass is 254 g/mol. The average Bonchev–Trinajstić information content (AvgIpc) is 2.21. The number of carbonyl (C=O) groups is 1. The van der Waals surface area contributed by atoms with Crippen molar-refractivity contribution in [2.75, 3.05) is 13.7 Å². The molecular weight excluding hydrogens is 232 g/mol. The molecule has 0 rings (SSSR count). The van der Waals surface area contributed by atoms with Crippen molar-refractivity contribution in [3.05, 3.63) is 12.2 Å². The lowest BCUT2D eigenvalue weighted by atomic mass is 10.2. The molecule has 17 heavy (non-hydrogen) atoms. The second-order valence-corrected chi connectivity index (χ2v) is 10.0. The third-order valence-electron chi connectivity index (χ3n) is 2.92. The van der Waals surface area contributed by atoms with Gasteiger partial charge in [-0.05, 0) is 24.2 Å². The first-order valence-electron chi connectivity index (χ1n) is 5.57. The van der Waals surface area contributed by atoms with E-state index in [0.29, 0.717) is 6.61 Å². The van der Waals surface area contributed by atoms with Crippen LogP contribution in [0.1, 0.15) is 20.8 Å². The van der Waals surface area contributed by atoms with Gasteiger partial charge in [-0.2, -0.15) is 0 Å². The minimum Gasteiger partial charge on any atom is -0.466 e. The van der Waals surface area contributed by atoms with Crippen LogP contribution in [0.25, 0.3) is 0 Å². The molecule has 0 aliphatic rings. The first-order chi connectivity index (χ1) is 7.70. The molecule has 0 aromatic carbocycles. The van der Waals surface area contributed by atoms with Gasteiger partial charge in [0.05, 0.1) is 13.7 Å². The molecule has 0 atom stereocenters. The van der Waals surface area contributed by atoms with Crippen molar-refractivity contribution in [2.24, 2.45) is 0 Å². The molecule has 0 aromatic heterocycles. The van der Waals surface area contributed by atoms with Gasteiger partial charge >= 0.3 is 5.97 Å².